The predicted octanol–water partition coefficient (Wildman–Crippen LogP) is 4.03. The minimum atomic E-state index is 0.169. The Morgan fingerprint density at radius 3 is 2.56 bits per heavy atom. The lowest BCUT2D eigenvalue weighted by Gasteiger charge is -2.30. The SMILES string of the molecule is Cc1cnc(NC2CCC(Oc3cc(N)cc4nccnc34)CC2)c(C)c1. The molecule has 0 atom stereocenters. The highest BCUT2D eigenvalue weighted by molar-refractivity contribution is 5.84. The molecule has 1 fully saturated rings. The van der Waals surface area contributed by atoms with Crippen molar-refractivity contribution >= 4 is 22.5 Å². The summed E-state index contributed by atoms with van der Waals surface area (Å²) >= 11 is 0. The molecule has 3 aromatic rings. The molecule has 2 heterocycles. The van der Waals surface area contributed by atoms with Crippen LogP contribution in [-0.2, 0) is 0 Å². The average Bonchev–Trinajstić information content (AvgIpc) is 2.65. The average molecular weight is 363 g/mol. The molecule has 0 spiro atoms. The number of nitrogens with one attached hydrogen (secondary N) is 1. The maximum Gasteiger partial charge on any atom is 0.149 e. The number of hydrogen-bond acceptors (Lipinski definition) is 6. The summed E-state index contributed by atoms with van der Waals surface area (Å²) in [6, 6.07) is 6.26. The first-order chi connectivity index (χ1) is 13.1. The zero-order valence-electron chi connectivity index (χ0n) is 15.8. The van der Waals surface area contributed by atoms with Gasteiger partial charge in [-0.3, -0.25) is 4.98 Å². The smallest absolute Gasteiger partial charge is 0.149 e. The van der Waals surface area contributed by atoms with Crippen LogP contribution in [0.3, 0.4) is 0 Å². The molecule has 6 nitrogen and oxygen atoms in total. The van der Waals surface area contributed by atoms with Gasteiger partial charge >= 0.3 is 0 Å². The van der Waals surface area contributed by atoms with Crippen molar-refractivity contribution in [2.75, 3.05) is 11.1 Å². The van der Waals surface area contributed by atoms with Crippen LogP contribution in [0.1, 0.15) is 36.8 Å². The fraction of sp³-hybridized carbons (Fsp3) is 0.381. The van der Waals surface area contributed by atoms with Crippen molar-refractivity contribution in [1.82, 2.24) is 15.0 Å². The lowest BCUT2D eigenvalue weighted by atomic mass is 9.92. The Kier molecular flexibility index (Phi) is 4.79. The number of pyridine rings is 1. The summed E-state index contributed by atoms with van der Waals surface area (Å²) in [5.41, 5.74) is 10.6. The molecule has 1 aromatic carbocycles. The van der Waals surface area contributed by atoms with Crippen molar-refractivity contribution in [3.8, 4) is 5.75 Å². The molecule has 27 heavy (non-hydrogen) atoms. The minimum Gasteiger partial charge on any atom is -0.488 e. The Labute approximate surface area is 159 Å². The first-order valence-electron chi connectivity index (χ1n) is 9.45. The van der Waals surface area contributed by atoms with Gasteiger partial charge in [0.15, 0.2) is 0 Å². The fourth-order valence-corrected chi connectivity index (χ4v) is 3.72. The standard InChI is InChI=1S/C21H25N5O/c1-13-9-14(2)21(25-12-13)26-16-3-5-17(6-4-16)27-19-11-15(22)10-18-20(19)24-8-7-23-18/h7-12,16-17H,3-6,22H2,1-2H3,(H,25,26). The highest BCUT2D eigenvalue weighted by Gasteiger charge is 2.24. The number of fused-ring (bicyclic) bond motifs is 1. The van der Waals surface area contributed by atoms with Crippen LogP contribution in [0, 0.1) is 13.8 Å². The van der Waals surface area contributed by atoms with E-state index in [0.29, 0.717) is 11.7 Å². The predicted molar refractivity (Wildman–Crippen MR) is 108 cm³/mol. The molecular formula is C21H25N5O. The summed E-state index contributed by atoms with van der Waals surface area (Å²) in [5, 5.41) is 3.59. The van der Waals surface area contributed by atoms with Gasteiger partial charge < -0.3 is 15.8 Å². The van der Waals surface area contributed by atoms with E-state index < -0.39 is 0 Å². The topological polar surface area (TPSA) is 86.0 Å². The summed E-state index contributed by atoms with van der Waals surface area (Å²) < 4.78 is 6.26. The van der Waals surface area contributed by atoms with Crippen molar-refractivity contribution in [3.05, 3.63) is 47.9 Å². The van der Waals surface area contributed by atoms with Gasteiger partial charge in [-0.2, -0.15) is 0 Å². The number of nitrogen functional groups attached to an aromatic ring is 1. The third kappa shape index (κ3) is 3.94. The number of ether oxygens (including phenoxy) is 1. The first kappa shape index (κ1) is 17.5. The van der Waals surface area contributed by atoms with Crippen molar-refractivity contribution in [3.63, 3.8) is 0 Å². The normalized spacial score (nSPS) is 19.8. The summed E-state index contributed by atoms with van der Waals surface area (Å²) in [4.78, 5) is 13.3. The van der Waals surface area contributed by atoms with E-state index in [0.717, 1.165) is 48.3 Å². The molecule has 140 valence electrons. The van der Waals surface area contributed by atoms with E-state index in [1.54, 1.807) is 12.4 Å². The highest BCUT2D eigenvalue weighted by atomic mass is 16.5. The van der Waals surface area contributed by atoms with Gasteiger partial charge in [0.2, 0.25) is 0 Å². The molecule has 0 saturated heterocycles. The van der Waals surface area contributed by atoms with Gasteiger partial charge in [-0.25, -0.2) is 9.97 Å². The molecule has 0 aliphatic heterocycles. The van der Waals surface area contributed by atoms with Gasteiger partial charge in [0, 0.05) is 36.4 Å². The zero-order chi connectivity index (χ0) is 18.8. The number of rotatable bonds is 4. The van der Waals surface area contributed by atoms with Gasteiger partial charge in [-0.15, -0.1) is 0 Å². The summed E-state index contributed by atoms with van der Waals surface area (Å²) in [5.74, 6) is 1.72. The van der Waals surface area contributed by atoms with Crippen LogP contribution in [0.25, 0.3) is 11.0 Å². The monoisotopic (exact) mass is 363 g/mol. The second kappa shape index (κ2) is 7.39. The van der Waals surface area contributed by atoms with Gasteiger partial charge in [0.05, 0.1) is 11.6 Å². The first-order valence-corrected chi connectivity index (χ1v) is 9.45. The van der Waals surface area contributed by atoms with Crippen LogP contribution >= 0.6 is 0 Å². The van der Waals surface area contributed by atoms with Crippen LogP contribution in [0.4, 0.5) is 11.5 Å². The molecule has 0 radical (unpaired) electrons. The maximum atomic E-state index is 6.26. The largest absolute Gasteiger partial charge is 0.488 e. The number of aryl methyl sites for hydroxylation is 2. The Morgan fingerprint density at radius 1 is 1.00 bits per heavy atom. The van der Waals surface area contributed by atoms with Crippen LogP contribution in [0.2, 0.25) is 0 Å². The van der Waals surface area contributed by atoms with Crippen molar-refractivity contribution in [2.24, 2.45) is 0 Å². The third-order valence-electron chi connectivity index (χ3n) is 5.08. The van der Waals surface area contributed by atoms with Crippen LogP contribution in [-0.4, -0.2) is 27.1 Å². The van der Waals surface area contributed by atoms with E-state index >= 15 is 0 Å². The molecule has 1 aliphatic rings. The maximum absolute atomic E-state index is 6.26. The second-order valence-corrected chi connectivity index (χ2v) is 7.36. The van der Waals surface area contributed by atoms with E-state index in [1.165, 1.54) is 11.1 Å². The summed E-state index contributed by atoms with van der Waals surface area (Å²) in [6.07, 6.45) is 9.50. The minimum absolute atomic E-state index is 0.169. The number of aromatic nitrogens is 3. The van der Waals surface area contributed by atoms with Crippen molar-refractivity contribution in [2.45, 2.75) is 51.7 Å². The highest BCUT2D eigenvalue weighted by Crippen LogP contribution is 2.31. The molecule has 0 unspecified atom stereocenters. The molecule has 6 heteroatoms. The lowest BCUT2D eigenvalue weighted by molar-refractivity contribution is 0.152. The Bertz CT molecular complexity index is 950. The van der Waals surface area contributed by atoms with Gasteiger partial charge in [0.25, 0.3) is 0 Å². The van der Waals surface area contributed by atoms with Gasteiger partial charge in [-0.05, 0) is 56.7 Å². The molecule has 3 N–H and O–H groups in total. The van der Waals surface area contributed by atoms with Crippen molar-refractivity contribution < 1.29 is 4.74 Å². The molecule has 2 aromatic heterocycles. The van der Waals surface area contributed by atoms with E-state index in [4.69, 9.17) is 10.5 Å². The van der Waals surface area contributed by atoms with E-state index in [9.17, 15) is 0 Å². The van der Waals surface area contributed by atoms with E-state index in [-0.39, 0.29) is 6.10 Å². The quantitative estimate of drug-likeness (QED) is 0.681. The third-order valence-corrected chi connectivity index (χ3v) is 5.08. The molecular weight excluding hydrogens is 338 g/mol. The van der Waals surface area contributed by atoms with Gasteiger partial charge in [-0.1, -0.05) is 6.07 Å². The number of nitrogens with two attached hydrogens (primary N) is 1. The van der Waals surface area contributed by atoms with E-state index in [1.807, 2.05) is 18.3 Å². The fourth-order valence-electron chi connectivity index (χ4n) is 3.72. The number of hydrogen-bond donors (Lipinski definition) is 2. The number of anilines is 2. The molecule has 0 bridgehead atoms. The zero-order valence-corrected chi connectivity index (χ0v) is 15.8. The Morgan fingerprint density at radius 2 is 1.78 bits per heavy atom. The number of nitrogens with zero attached hydrogens (tertiary/aromatic N) is 3. The summed E-state index contributed by atoms with van der Waals surface area (Å²) in [7, 11) is 0. The van der Waals surface area contributed by atoms with E-state index in [2.05, 4.69) is 40.2 Å². The summed E-state index contributed by atoms with van der Waals surface area (Å²) in [6.45, 7) is 4.17. The van der Waals surface area contributed by atoms with Crippen LogP contribution < -0.4 is 15.8 Å². The second-order valence-electron chi connectivity index (χ2n) is 7.36. The Hall–Kier alpha value is -2.89. The molecule has 0 amide bonds. The number of benzene rings is 1. The van der Waals surface area contributed by atoms with Crippen molar-refractivity contribution in [1.29, 1.82) is 0 Å². The van der Waals surface area contributed by atoms with Gasteiger partial charge in [0.1, 0.15) is 17.1 Å². The lowest BCUT2D eigenvalue weighted by Crippen LogP contribution is -2.31. The van der Waals surface area contributed by atoms with Crippen LogP contribution in [0.15, 0.2) is 36.8 Å². The molecule has 1 aliphatic carbocycles. The Balaban J connectivity index is 1.40. The molecule has 1 saturated carbocycles. The molecule has 4 rings (SSSR count). The van der Waals surface area contributed by atoms with Crippen LogP contribution in [0.5, 0.6) is 5.75 Å².